The van der Waals surface area contributed by atoms with E-state index in [0.717, 1.165) is 24.1 Å². The minimum atomic E-state index is -0.134. The summed E-state index contributed by atoms with van der Waals surface area (Å²) < 4.78 is 5.42. The van der Waals surface area contributed by atoms with E-state index in [0.29, 0.717) is 4.99 Å². The lowest BCUT2D eigenvalue weighted by atomic mass is 9.96. The Hall–Kier alpha value is -1.46. The Morgan fingerprint density at radius 2 is 2.06 bits per heavy atom. The van der Waals surface area contributed by atoms with Crippen molar-refractivity contribution in [3.05, 3.63) is 29.8 Å². The van der Waals surface area contributed by atoms with Gasteiger partial charge in [-0.05, 0) is 43.5 Å². The van der Waals surface area contributed by atoms with Crippen LogP contribution in [0.5, 0.6) is 0 Å². The highest BCUT2D eigenvalue weighted by molar-refractivity contribution is 7.80. The third-order valence-corrected chi connectivity index (χ3v) is 3.19. The maximum Gasteiger partial charge on any atom is 0.250 e. The summed E-state index contributed by atoms with van der Waals surface area (Å²) in [5.74, 6) is -0.134. The highest BCUT2D eigenvalue weighted by Crippen LogP contribution is 2.21. The Bertz CT molecular complexity index is 441. The molecule has 1 amide bonds. The fourth-order valence-electron chi connectivity index (χ4n) is 1.65. The van der Waals surface area contributed by atoms with Crippen molar-refractivity contribution in [1.82, 2.24) is 0 Å². The molecule has 0 bridgehead atoms. The second-order valence-electron chi connectivity index (χ2n) is 4.35. The van der Waals surface area contributed by atoms with E-state index in [9.17, 15) is 4.79 Å². The van der Waals surface area contributed by atoms with Crippen LogP contribution in [0.15, 0.2) is 24.3 Å². The zero-order valence-corrected chi connectivity index (χ0v) is 10.8. The molecule has 1 aliphatic rings. The number of nitrogens with two attached hydrogens (primary N) is 1. The lowest BCUT2D eigenvalue weighted by Crippen LogP contribution is -2.27. The van der Waals surface area contributed by atoms with Crippen LogP contribution in [0.2, 0.25) is 0 Å². The van der Waals surface area contributed by atoms with Gasteiger partial charge in [0.1, 0.15) is 11.6 Å². The molecular weight excluding hydrogens is 248 g/mol. The molecule has 1 saturated carbocycles. The highest BCUT2D eigenvalue weighted by atomic mass is 32.1. The molecule has 0 heterocycles. The van der Waals surface area contributed by atoms with Crippen molar-refractivity contribution in [3.63, 3.8) is 0 Å². The number of carbonyl (C=O) groups excluding carboxylic acids is 1. The molecule has 1 aromatic rings. The second-order valence-corrected chi connectivity index (χ2v) is 4.79. The number of thiocarbonyl (C=S) groups is 1. The number of anilines is 1. The molecular formula is C13H16N2O2S. The molecule has 18 heavy (non-hydrogen) atoms. The summed E-state index contributed by atoms with van der Waals surface area (Å²) in [5, 5.41) is 2.76. The maximum atomic E-state index is 11.6. The maximum absolute atomic E-state index is 11.6. The van der Waals surface area contributed by atoms with Gasteiger partial charge in [0.2, 0.25) is 5.91 Å². The van der Waals surface area contributed by atoms with Gasteiger partial charge in [-0.25, -0.2) is 0 Å². The SMILES string of the molecule is NC(=S)c1ccc(NC(=O)COC2CCC2)cc1. The van der Waals surface area contributed by atoms with Crippen LogP contribution in [0.1, 0.15) is 24.8 Å². The lowest BCUT2D eigenvalue weighted by molar-refractivity contribution is -0.124. The van der Waals surface area contributed by atoms with Crippen LogP contribution in [0.3, 0.4) is 0 Å². The standard InChI is InChI=1S/C13H16N2O2S/c14-13(18)9-4-6-10(7-5-9)15-12(16)8-17-11-2-1-3-11/h4-7,11H,1-3,8H2,(H2,14,18)(H,15,16). The van der Waals surface area contributed by atoms with Crippen LogP contribution in [0, 0.1) is 0 Å². The fraction of sp³-hybridized carbons (Fsp3) is 0.385. The van der Waals surface area contributed by atoms with Gasteiger partial charge in [-0.3, -0.25) is 4.79 Å². The zero-order chi connectivity index (χ0) is 13.0. The lowest BCUT2D eigenvalue weighted by Gasteiger charge is -2.25. The number of ether oxygens (including phenoxy) is 1. The van der Waals surface area contributed by atoms with Gasteiger partial charge in [0.25, 0.3) is 0 Å². The number of carbonyl (C=O) groups is 1. The van der Waals surface area contributed by atoms with E-state index in [1.165, 1.54) is 6.42 Å². The van der Waals surface area contributed by atoms with Crippen LogP contribution in [-0.2, 0) is 9.53 Å². The highest BCUT2D eigenvalue weighted by Gasteiger charge is 2.18. The summed E-state index contributed by atoms with van der Waals surface area (Å²) in [6, 6.07) is 7.11. The zero-order valence-electron chi connectivity index (χ0n) is 10.0. The van der Waals surface area contributed by atoms with Crippen molar-refractivity contribution < 1.29 is 9.53 Å². The topological polar surface area (TPSA) is 64.3 Å². The van der Waals surface area contributed by atoms with E-state index >= 15 is 0 Å². The van der Waals surface area contributed by atoms with E-state index < -0.39 is 0 Å². The van der Waals surface area contributed by atoms with E-state index in [4.69, 9.17) is 22.7 Å². The van der Waals surface area contributed by atoms with Crippen molar-refractivity contribution in [2.45, 2.75) is 25.4 Å². The summed E-state index contributed by atoms with van der Waals surface area (Å²) in [5.41, 5.74) is 7.00. The average molecular weight is 264 g/mol. The third kappa shape index (κ3) is 3.51. The smallest absolute Gasteiger partial charge is 0.250 e. The van der Waals surface area contributed by atoms with E-state index in [1.807, 2.05) is 0 Å². The summed E-state index contributed by atoms with van der Waals surface area (Å²) in [7, 11) is 0. The molecule has 0 aromatic heterocycles. The largest absolute Gasteiger partial charge is 0.389 e. The number of hydrogen-bond acceptors (Lipinski definition) is 3. The van der Waals surface area contributed by atoms with E-state index in [2.05, 4.69) is 5.32 Å². The first-order valence-corrected chi connectivity index (χ1v) is 6.37. The van der Waals surface area contributed by atoms with Crippen LogP contribution in [-0.4, -0.2) is 23.6 Å². The molecule has 0 unspecified atom stereocenters. The van der Waals surface area contributed by atoms with Gasteiger partial charge < -0.3 is 15.8 Å². The van der Waals surface area contributed by atoms with Gasteiger partial charge in [-0.2, -0.15) is 0 Å². The Morgan fingerprint density at radius 3 is 2.56 bits per heavy atom. The molecule has 0 aliphatic heterocycles. The average Bonchev–Trinajstić information content (AvgIpc) is 2.27. The summed E-state index contributed by atoms with van der Waals surface area (Å²) >= 11 is 4.85. The third-order valence-electron chi connectivity index (χ3n) is 2.96. The summed E-state index contributed by atoms with van der Waals surface area (Å²) in [6.07, 6.45) is 3.60. The van der Waals surface area contributed by atoms with Crippen LogP contribution < -0.4 is 11.1 Å². The molecule has 1 aliphatic carbocycles. The summed E-state index contributed by atoms with van der Waals surface area (Å²) in [6.45, 7) is 0.113. The normalized spacial score (nSPS) is 14.9. The van der Waals surface area contributed by atoms with Crippen LogP contribution in [0.4, 0.5) is 5.69 Å². The Morgan fingerprint density at radius 1 is 1.39 bits per heavy atom. The van der Waals surface area contributed by atoms with Crippen molar-refractivity contribution in [3.8, 4) is 0 Å². The number of rotatable bonds is 5. The van der Waals surface area contributed by atoms with Crippen molar-refractivity contribution in [2.24, 2.45) is 5.73 Å². The molecule has 0 spiro atoms. The molecule has 2 rings (SSSR count). The Balaban J connectivity index is 1.80. The van der Waals surface area contributed by atoms with E-state index in [-0.39, 0.29) is 18.6 Å². The molecule has 5 heteroatoms. The minimum Gasteiger partial charge on any atom is -0.389 e. The molecule has 96 valence electrons. The fourth-order valence-corrected chi connectivity index (χ4v) is 1.78. The molecule has 0 atom stereocenters. The van der Waals surface area contributed by atoms with Crippen molar-refractivity contribution in [1.29, 1.82) is 0 Å². The molecule has 1 fully saturated rings. The summed E-state index contributed by atoms with van der Waals surface area (Å²) in [4.78, 5) is 11.9. The number of hydrogen-bond donors (Lipinski definition) is 2. The quantitative estimate of drug-likeness (QED) is 0.796. The Kier molecular flexibility index (Phi) is 4.28. The second kappa shape index (κ2) is 5.93. The van der Waals surface area contributed by atoms with Crippen LogP contribution >= 0.6 is 12.2 Å². The first-order chi connectivity index (χ1) is 8.65. The molecule has 4 nitrogen and oxygen atoms in total. The first kappa shape index (κ1) is 13.0. The van der Waals surface area contributed by atoms with Gasteiger partial charge in [0.05, 0.1) is 6.10 Å². The van der Waals surface area contributed by atoms with E-state index in [1.54, 1.807) is 24.3 Å². The van der Waals surface area contributed by atoms with Gasteiger partial charge >= 0.3 is 0 Å². The van der Waals surface area contributed by atoms with Crippen LogP contribution in [0.25, 0.3) is 0 Å². The van der Waals surface area contributed by atoms with Gasteiger partial charge in [-0.1, -0.05) is 12.2 Å². The minimum absolute atomic E-state index is 0.113. The van der Waals surface area contributed by atoms with Crippen molar-refractivity contribution >= 4 is 28.8 Å². The van der Waals surface area contributed by atoms with Gasteiger partial charge in [0, 0.05) is 11.3 Å². The van der Waals surface area contributed by atoms with Gasteiger partial charge in [0.15, 0.2) is 0 Å². The number of amides is 1. The number of benzene rings is 1. The van der Waals surface area contributed by atoms with Crippen molar-refractivity contribution in [2.75, 3.05) is 11.9 Å². The molecule has 0 radical (unpaired) electrons. The molecule has 0 saturated heterocycles. The predicted molar refractivity (Wildman–Crippen MR) is 74.6 cm³/mol. The number of nitrogens with one attached hydrogen (secondary N) is 1. The monoisotopic (exact) mass is 264 g/mol. The predicted octanol–water partition coefficient (Wildman–Crippen LogP) is 1.83. The molecule has 1 aromatic carbocycles. The Labute approximate surface area is 112 Å². The molecule has 3 N–H and O–H groups in total. The van der Waals surface area contributed by atoms with Gasteiger partial charge in [-0.15, -0.1) is 0 Å². The first-order valence-electron chi connectivity index (χ1n) is 5.96.